The molecule has 3 aliphatic rings. The standard InChI is InChI=1S/C23H38O4/c1-4-22(2,3)21(25)27-23(17-11-7-5-8-12-17,18-13-9-6-10-14-18)19-15-20(24)26-16-19/h17-19H,4-16H2,1-3H3. The van der Waals surface area contributed by atoms with Crippen molar-refractivity contribution >= 4 is 11.9 Å². The maximum absolute atomic E-state index is 13.3. The van der Waals surface area contributed by atoms with Crippen molar-refractivity contribution in [3.05, 3.63) is 0 Å². The molecular weight excluding hydrogens is 340 g/mol. The zero-order chi connectivity index (χ0) is 19.5. The van der Waals surface area contributed by atoms with E-state index in [1.165, 1.54) is 38.5 Å². The molecule has 0 aromatic heterocycles. The average Bonchev–Trinajstić information content (AvgIpc) is 3.13. The molecule has 2 saturated carbocycles. The minimum atomic E-state index is -0.517. The number of hydrogen-bond acceptors (Lipinski definition) is 4. The number of carbonyl (C=O) groups excluding carboxylic acids is 2. The van der Waals surface area contributed by atoms with E-state index in [4.69, 9.17) is 9.47 Å². The zero-order valence-corrected chi connectivity index (χ0v) is 17.6. The van der Waals surface area contributed by atoms with Crippen molar-refractivity contribution < 1.29 is 19.1 Å². The Balaban J connectivity index is 1.99. The summed E-state index contributed by atoms with van der Waals surface area (Å²) in [6.45, 7) is 6.44. The van der Waals surface area contributed by atoms with Crippen molar-refractivity contribution in [3.8, 4) is 0 Å². The molecule has 4 nitrogen and oxygen atoms in total. The number of ether oxygens (including phenoxy) is 2. The summed E-state index contributed by atoms with van der Waals surface area (Å²) < 4.78 is 12.1. The average molecular weight is 379 g/mol. The van der Waals surface area contributed by atoms with Crippen LogP contribution >= 0.6 is 0 Å². The van der Waals surface area contributed by atoms with Crippen LogP contribution in [0.3, 0.4) is 0 Å². The van der Waals surface area contributed by atoms with Gasteiger partial charge in [0.05, 0.1) is 18.4 Å². The van der Waals surface area contributed by atoms with Gasteiger partial charge in [0, 0.05) is 5.92 Å². The molecule has 1 heterocycles. The summed E-state index contributed by atoms with van der Waals surface area (Å²) in [5.74, 6) is 0.547. The second kappa shape index (κ2) is 8.53. The highest BCUT2D eigenvalue weighted by molar-refractivity contribution is 5.77. The lowest BCUT2D eigenvalue weighted by Gasteiger charge is -2.51. The molecule has 4 heteroatoms. The molecule has 1 unspecified atom stereocenters. The van der Waals surface area contributed by atoms with Crippen molar-refractivity contribution in [2.45, 2.75) is 103 Å². The van der Waals surface area contributed by atoms with Crippen LogP contribution in [-0.2, 0) is 19.1 Å². The highest BCUT2D eigenvalue weighted by Crippen LogP contribution is 2.52. The molecule has 0 radical (unpaired) electrons. The van der Waals surface area contributed by atoms with Crippen LogP contribution in [0, 0.1) is 23.2 Å². The van der Waals surface area contributed by atoms with Gasteiger partial charge < -0.3 is 9.47 Å². The van der Waals surface area contributed by atoms with E-state index in [2.05, 4.69) is 0 Å². The lowest BCUT2D eigenvalue weighted by molar-refractivity contribution is -0.204. The minimum Gasteiger partial charge on any atom is -0.465 e. The largest absolute Gasteiger partial charge is 0.465 e. The van der Waals surface area contributed by atoms with Crippen LogP contribution < -0.4 is 0 Å². The smallest absolute Gasteiger partial charge is 0.312 e. The zero-order valence-electron chi connectivity index (χ0n) is 17.6. The summed E-state index contributed by atoms with van der Waals surface area (Å²) in [6, 6.07) is 0. The van der Waals surface area contributed by atoms with E-state index in [0.29, 0.717) is 24.9 Å². The second-order valence-corrected chi connectivity index (χ2v) is 9.73. The van der Waals surface area contributed by atoms with Gasteiger partial charge in [-0.2, -0.15) is 0 Å². The van der Waals surface area contributed by atoms with E-state index in [9.17, 15) is 9.59 Å². The van der Waals surface area contributed by atoms with Gasteiger partial charge in [-0.25, -0.2) is 0 Å². The van der Waals surface area contributed by atoms with Crippen molar-refractivity contribution in [1.29, 1.82) is 0 Å². The summed E-state index contributed by atoms with van der Waals surface area (Å²) >= 11 is 0. The van der Waals surface area contributed by atoms with Gasteiger partial charge in [0.2, 0.25) is 0 Å². The third kappa shape index (κ3) is 4.19. The summed E-state index contributed by atoms with van der Waals surface area (Å²) in [5, 5.41) is 0. The third-order valence-electron chi connectivity index (χ3n) is 7.69. The first-order chi connectivity index (χ1) is 12.9. The van der Waals surface area contributed by atoms with Gasteiger partial charge in [-0.3, -0.25) is 9.59 Å². The van der Waals surface area contributed by atoms with Crippen LogP contribution in [0.5, 0.6) is 0 Å². The van der Waals surface area contributed by atoms with E-state index in [-0.39, 0.29) is 17.9 Å². The van der Waals surface area contributed by atoms with Crippen molar-refractivity contribution in [2.75, 3.05) is 6.61 Å². The summed E-state index contributed by atoms with van der Waals surface area (Å²) in [6.07, 6.45) is 13.0. The van der Waals surface area contributed by atoms with Crippen LogP contribution in [0.25, 0.3) is 0 Å². The molecule has 27 heavy (non-hydrogen) atoms. The Morgan fingerprint density at radius 2 is 1.48 bits per heavy atom. The Labute approximate surface area is 164 Å². The highest BCUT2D eigenvalue weighted by Gasteiger charge is 2.57. The van der Waals surface area contributed by atoms with Crippen molar-refractivity contribution in [2.24, 2.45) is 23.2 Å². The molecule has 0 bridgehead atoms. The molecule has 0 aromatic rings. The molecule has 0 spiro atoms. The third-order valence-corrected chi connectivity index (χ3v) is 7.69. The molecule has 0 aromatic carbocycles. The molecule has 1 saturated heterocycles. The van der Waals surface area contributed by atoms with Crippen LogP contribution in [0.4, 0.5) is 0 Å². The maximum atomic E-state index is 13.3. The molecule has 0 amide bonds. The van der Waals surface area contributed by atoms with Crippen LogP contribution in [-0.4, -0.2) is 24.1 Å². The van der Waals surface area contributed by atoms with E-state index in [1.807, 2.05) is 20.8 Å². The van der Waals surface area contributed by atoms with Gasteiger partial charge in [-0.15, -0.1) is 0 Å². The first-order valence-corrected chi connectivity index (χ1v) is 11.3. The predicted molar refractivity (Wildman–Crippen MR) is 105 cm³/mol. The fourth-order valence-corrected chi connectivity index (χ4v) is 5.60. The van der Waals surface area contributed by atoms with E-state index in [0.717, 1.165) is 32.1 Å². The maximum Gasteiger partial charge on any atom is 0.312 e. The molecule has 1 atom stereocenters. The summed E-state index contributed by atoms with van der Waals surface area (Å²) in [4.78, 5) is 25.3. The first-order valence-electron chi connectivity index (χ1n) is 11.3. The molecule has 1 aliphatic heterocycles. The molecular formula is C23H38O4. The molecule has 0 N–H and O–H groups in total. The van der Waals surface area contributed by atoms with E-state index >= 15 is 0 Å². The molecule has 154 valence electrons. The Kier molecular flexibility index (Phi) is 6.53. The van der Waals surface area contributed by atoms with E-state index in [1.54, 1.807) is 0 Å². The second-order valence-electron chi connectivity index (χ2n) is 9.73. The Morgan fingerprint density at radius 1 is 0.963 bits per heavy atom. The fourth-order valence-electron chi connectivity index (χ4n) is 5.60. The van der Waals surface area contributed by atoms with Crippen LogP contribution in [0.15, 0.2) is 0 Å². The van der Waals surface area contributed by atoms with Gasteiger partial charge >= 0.3 is 11.9 Å². The van der Waals surface area contributed by atoms with Gasteiger partial charge in [0.15, 0.2) is 0 Å². The van der Waals surface area contributed by atoms with Gasteiger partial charge in [0.1, 0.15) is 5.60 Å². The fraction of sp³-hybridized carbons (Fsp3) is 0.913. The summed E-state index contributed by atoms with van der Waals surface area (Å²) in [5.41, 5.74) is -1.01. The Bertz CT molecular complexity index is 508. The van der Waals surface area contributed by atoms with Crippen molar-refractivity contribution in [3.63, 3.8) is 0 Å². The Morgan fingerprint density at radius 3 is 1.89 bits per heavy atom. The van der Waals surface area contributed by atoms with Gasteiger partial charge in [-0.05, 0) is 57.8 Å². The predicted octanol–water partition coefficient (Wildman–Crippen LogP) is 5.43. The monoisotopic (exact) mass is 378 g/mol. The molecule has 3 rings (SSSR count). The lowest BCUT2D eigenvalue weighted by atomic mass is 9.60. The summed E-state index contributed by atoms with van der Waals surface area (Å²) in [7, 11) is 0. The normalized spacial score (nSPS) is 26.0. The number of carbonyl (C=O) groups is 2. The molecule has 2 aliphatic carbocycles. The lowest BCUT2D eigenvalue weighted by Crippen LogP contribution is -2.57. The quantitative estimate of drug-likeness (QED) is 0.578. The van der Waals surface area contributed by atoms with Crippen LogP contribution in [0.1, 0.15) is 97.8 Å². The first kappa shape index (κ1) is 20.7. The Hall–Kier alpha value is -1.06. The van der Waals surface area contributed by atoms with E-state index < -0.39 is 11.0 Å². The number of cyclic esters (lactones) is 1. The SMILES string of the molecule is CCC(C)(C)C(=O)OC(C1CCCCC1)(C1CCCCC1)C1COC(=O)C1. The molecule has 3 fully saturated rings. The van der Waals surface area contributed by atoms with Crippen LogP contribution in [0.2, 0.25) is 0 Å². The topological polar surface area (TPSA) is 52.6 Å². The number of hydrogen-bond donors (Lipinski definition) is 0. The van der Waals surface area contributed by atoms with Crippen molar-refractivity contribution in [1.82, 2.24) is 0 Å². The highest BCUT2D eigenvalue weighted by atomic mass is 16.6. The minimum absolute atomic E-state index is 0.0211. The van der Waals surface area contributed by atoms with Gasteiger partial charge in [0.25, 0.3) is 0 Å². The number of rotatable bonds is 6. The van der Waals surface area contributed by atoms with Gasteiger partial charge in [-0.1, -0.05) is 45.4 Å². The number of esters is 2.